The number of aliphatic hydroxyl groups is 1. The first-order valence-electron chi connectivity index (χ1n) is 7.32. The van der Waals surface area contributed by atoms with Gasteiger partial charge in [0.05, 0.1) is 17.4 Å². The van der Waals surface area contributed by atoms with Gasteiger partial charge in [-0.1, -0.05) is 12.1 Å². The highest BCUT2D eigenvalue weighted by Gasteiger charge is 2.36. The van der Waals surface area contributed by atoms with Crippen molar-refractivity contribution in [2.75, 3.05) is 12.3 Å². The van der Waals surface area contributed by atoms with Gasteiger partial charge in [-0.25, -0.2) is 0 Å². The third-order valence-electron chi connectivity index (χ3n) is 3.78. The van der Waals surface area contributed by atoms with Crippen LogP contribution >= 0.6 is 11.8 Å². The predicted molar refractivity (Wildman–Crippen MR) is 80.6 cm³/mol. The second kappa shape index (κ2) is 6.45. The number of hydrogen-bond donors (Lipinski definition) is 1. The first kappa shape index (κ1) is 15.8. The van der Waals surface area contributed by atoms with Crippen LogP contribution in [-0.4, -0.2) is 44.1 Å². The zero-order chi connectivity index (χ0) is 14.8. The first-order chi connectivity index (χ1) is 9.41. The van der Waals surface area contributed by atoms with Gasteiger partial charge in [0.1, 0.15) is 0 Å². The molecule has 1 aromatic rings. The van der Waals surface area contributed by atoms with Crippen LogP contribution in [0.4, 0.5) is 0 Å². The Hall–Kier alpha value is -0.590. The van der Waals surface area contributed by atoms with E-state index < -0.39 is 5.60 Å². The van der Waals surface area contributed by atoms with E-state index in [-0.39, 0.29) is 11.3 Å². The Morgan fingerprint density at radius 1 is 1.55 bits per heavy atom. The number of nitrogens with zero attached hydrogens (tertiary/aromatic N) is 3. The second-order valence-electron chi connectivity index (χ2n) is 5.93. The molecule has 1 aliphatic heterocycles. The normalized spacial score (nSPS) is 22.4. The Labute approximate surface area is 125 Å². The topological polar surface area (TPSA) is 62.4 Å². The summed E-state index contributed by atoms with van der Waals surface area (Å²) in [6.07, 6.45) is 2.13. The van der Waals surface area contributed by atoms with E-state index in [1.54, 1.807) is 11.8 Å². The molecule has 1 fully saturated rings. The van der Waals surface area contributed by atoms with E-state index in [9.17, 15) is 5.11 Å². The molecule has 0 bridgehead atoms. The monoisotopic (exact) mass is 299 g/mol. The van der Waals surface area contributed by atoms with Crippen molar-refractivity contribution in [3.63, 3.8) is 0 Å². The van der Waals surface area contributed by atoms with E-state index in [0.717, 1.165) is 31.0 Å². The van der Waals surface area contributed by atoms with Crippen LogP contribution in [0.3, 0.4) is 0 Å². The molecule has 1 aromatic heterocycles. The lowest BCUT2D eigenvalue weighted by molar-refractivity contribution is -0.00774. The fraction of sp³-hybridized carbons (Fsp3) is 0.857. The Morgan fingerprint density at radius 2 is 2.30 bits per heavy atom. The van der Waals surface area contributed by atoms with Crippen molar-refractivity contribution in [1.29, 1.82) is 0 Å². The van der Waals surface area contributed by atoms with Crippen molar-refractivity contribution in [1.82, 2.24) is 15.0 Å². The van der Waals surface area contributed by atoms with Crippen LogP contribution in [0.5, 0.6) is 0 Å². The lowest BCUT2D eigenvalue weighted by atomic mass is 9.97. The van der Waals surface area contributed by atoms with Crippen LogP contribution in [0.15, 0.2) is 4.52 Å². The highest BCUT2D eigenvalue weighted by molar-refractivity contribution is 7.99. The van der Waals surface area contributed by atoms with Gasteiger partial charge in [-0.05, 0) is 45.9 Å². The summed E-state index contributed by atoms with van der Waals surface area (Å²) in [6, 6.07) is 0.167. The molecule has 0 radical (unpaired) electrons. The molecule has 2 atom stereocenters. The summed E-state index contributed by atoms with van der Waals surface area (Å²) in [5, 5.41) is 14.6. The molecule has 5 nitrogen and oxygen atoms in total. The Bertz CT molecular complexity index is 430. The van der Waals surface area contributed by atoms with Gasteiger partial charge < -0.3 is 9.63 Å². The maximum Gasteiger partial charge on any atom is 0.240 e. The molecule has 6 heteroatoms. The molecule has 0 aliphatic carbocycles. The average Bonchev–Trinajstić information content (AvgIpc) is 2.98. The lowest BCUT2D eigenvalue weighted by Gasteiger charge is -2.32. The second-order valence-corrected chi connectivity index (χ2v) is 7.54. The molecular formula is C14H25N3O2S. The molecule has 1 saturated heterocycles. The highest BCUT2D eigenvalue weighted by Crippen LogP contribution is 2.29. The zero-order valence-electron chi connectivity index (χ0n) is 12.8. The molecule has 0 aromatic carbocycles. The number of rotatable bonds is 6. The highest BCUT2D eigenvalue weighted by atomic mass is 32.2. The van der Waals surface area contributed by atoms with Crippen molar-refractivity contribution in [3.05, 3.63) is 11.7 Å². The molecular weight excluding hydrogens is 274 g/mol. The van der Waals surface area contributed by atoms with E-state index in [1.165, 1.54) is 0 Å². The van der Waals surface area contributed by atoms with Crippen LogP contribution < -0.4 is 0 Å². The number of likely N-dealkylation sites (tertiary alicyclic amines) is 1. The number of thioether (sulfide) groups is 1. The number of aromatic nitrogens is 2. The van der Waals surface area contributed by atoms with Gasteiger partial charge >= 0.3 is 0 Å². The third-order valence-corrected chi connectivity index (χ3v) is 4.83. The summed E-state index contributed by atoms with van der Waals surface area (Å²) < 4.78 is 5.36. The zero-order valence-corrected chi connectivity index (χ0v) is 13.6. The lowest BCUT2D eigenvalue weighted by Crippen LogP contribution is -2.45. The van der Waals surface area contributed by atoms with Gasteiger partial charge in [-0.3, -0.25) is 4.90 Å². The van der Waals surface area contributed by atoms with Crippen LogP contribution in [0, 0.1) is 0 Å². The summed E-state index contributed by atoms with van der Waals surface area (Å²) in [6.45, 7) is 9.57. The summed E-state index contributed by atoms with van der Waals surface area (Å²) in [5.74, 6) is 2.46. The molecule has 1 N–H and O–H groups in total. The van der Waals surface area contributed by atoms with Crippen molar-refractivity contribution in [2.24, 2.45) is 0 Å². The average molecular weight is 299 g/mol. The van der Waals surface area contributed by atoms with E-state index >= 15 is 0 Å². The van der Waals surface area contributed by atoms with Crippen LogP contribution in [0.25, 0.3) is 0 Å². The van der Waals surface area contributed by atoms with Gasteiger partial charge in [-0.2, -0.15) is 16.7 Å². The molecule has 1 aliphatic rings. The third kappa shape index (κ3) is 3.74. The standard InChI is InChI=1S/C14H25N3O2S/c1-5-20-10(2)13-15-12(19-16-13)9-17-8-6-7-11(17)14(3,4)18/h10-11,18H,5-9H2,1-4H3. The smallest absolute Gasteiger partial charge is 0.240 e. The molecule has 2 heterocycles. The molecule has 2 unspecified atom stereocenters. The van der Waals surface area contributed by atoms with Crippen molar-refractivity contribution in [2.45, 2.75) is 64.0 Å². The fourth-order valence-electron chi connectivity index (χ4n) is 2.81. The van der Waals surface area contributed by atoms with Gasteiger partial charge in [-0.15, -0.1) is 0 Å². The maximum absolute atomic E-state index is 10.2. The minimum absolute atomic E-state index is 0.167. The van der Waals surface area contributed by atoms with Crippen molar-refractivity contribution < 1.29 is 9.63 Å². The Morgan fingerprint density at radius 3 is 2.95 bits per heavy atom. The first-order valence-corrected chi connectivity index (χ1v) is 8.37. The molecule has 114 valence electrons. The number of hydrogen-bond acceptors (Lipinski definition) is 6. The minimum atomic E-state index is -0.690. The summed E-state index contributed by atoms with van der Waals surface area (Å²) in [7, 11) is 0. The maximum atomic E-state index is 10.2. The van der Waals surface area contributed by atoms with Gasteiger partial charge in [0, 0.05) is 6.04 Å². The van der Waals surface area contributed by atoms with E-state index in [1.807, 2.05) is 13.8 Å². The van der Waals surface area contributed by atoms with Crippen LogP contribution in [0.2, 0.25) is 0 Å². The molecule has 0 saturated carbocycles. The summed E-state index contributed by atoms with van der Waals surface area (Å²) in [5.41, 5.74) is -0.690. The Kier molecular flexibility index (Phi) is 5.09. The van der Waals surface area contributed by atoms with Gasteiger partial charge in [0.25, 0.3) is 0 Å². The van der Waals surface area contributed by atoms with Gasteiger partial charge in [0.2, 0.25) is 5.89 Å². The quantitative estimate of drug-likeness (QED) is 0.871. The van der Waals surface area contributed by atoms with E-state index in [2.05, 4.69) is 28.9 Å². The van der Waals surface area contributed by atoms with E-state index in [0.29, 0.717) is 12.4 Å². The summed E-state index contributed by atoms with van der Waals surface area (Å²) >= 11 is 1.81. The summed E-state index contributed by atoms with van der Waals surface area (Å²) in [4.78, 5) is 6.73. The fourth-order valence-corrected chi connectivity index (χ4v) is 3.56. The van der Waals surface area contributed by atoms with E-state index in [4.69, 9.17) is 4.52 Å². The van der Waals surface area contributed by atoms with Crippen molar-refractivity contribution >= 4 is 11.8 Å². The van der Waals surface area contributed by atoms with Crippen LogP contribution in [-0.2, 0) is 6.54 Å². The SMILES string of the molecule is CCSC(C)c1noc(CN2CCCC2C(C)(C)O)n1. The Balaban J connectivity index is 2.00. The molecule has 20 heavy (non-hydrogen) atoms. The van der Waals surface area contributed by atoms with Crippen molar-refractivity contribution in [3.8, 4) is 0 Å². The van der Waals surface area contributed by atoms with Crippen LogP contribution in [0.1, 0.15) is 57.5 Å². The predicted octanol–water partition coefficient (Wildman–Crippen LogP) is 2.62. The molecule has 0 amide bonds. The molecule has 2 rings (SSSR count). The minimum Gasteiger partial charge on any atom is -0.389 e. The largest absolute Gasteiger partial charge is 0.389 e. The van der Waals surface area contributed by atoms with Gasteiger partial charge in [0.15, 0.2) is 5.82 Å². The molecule has 0 spiro atoms.